The summed E-state index contributed by atoms with van der Waals surface area (Å²) < 4.78 is 12.1. The van der Waals surface area contributed by atoms with E-state index in [0.29, 0.717) is 42.8 Å². The summed E-state index contributed by atoms with van der Waals surface area (Å²) in [5, 5.41) is 3.59. The molecule has 3 aromatic carbocycles. The molecule has 7 rings (SSSR count). The van der Waals surface area contributed by atoms with Crippen LogP contribution in [-0.2, 0) is 33.7 Å². The normalized spacial score (nSPS) is 14.9. The highest BCUT2D eigenvalue weighted by Gasteiger charge is 2.28. The molecule has 0 unspecified atom stereocenters. The molecule has 2 aromatic heterocycles. The number of fused-ring (bicyclic) bond motifs is 2. The number of thiazole rings is 1. The van der Waals surface area contributed by atoms with Crippen LogP contribution >= 0.6 is 11.3 Å². The molecule has 0 atom stereocenters. The minimum absolute atomic E-state index is 0.148. The third kappa shape index (κ3) is 9.91. The molecule has 2 aliphatic heterocycles. The van der Waals surface area contributed by atoms with Crippen molar-refractivity contribution in [3.8, 4) is 11.1 Å². The van der Waals surface area contributed by atoms with E-state index in [2.05, 4.69) is 56.2 Å². The van der Waals surface area contributed by atoms with E-state index >= 15 is 0 Å². The molecule has 1 N–H and O–H groups in total. The molecular weight excluding hydrogens is 749 g/mol. The highest BCUT2D eigenvalue weighted by Crippen LogP contribution is 2.34. The molecule has 0 spiro atoms. The van der Waals surface area contributed by atoms with Crippen LogP contribution in [0.2, 0.25) is 0 Å². The number of aryl methyl sites for hydroxylation is 1. The summed E-state index contributed by atoms with van der Waals surface area (Å²) in [7, 11) is 0. The molecular formula is C46H54N6O5S. The van der Waals surface area contributed by atoms with Gasteiger partial charge in [0.2, 0.25) is 0 Å². The lowest BCUT2D eigenvalue weighted by Gasteiger charge is -2.34. The monoisotopic (exact) mass is 802 g/mol. The molecule has 1 saturated heterocycles. The van der Waals surface area contributed by atoms with Gasteiger partial charge in [-0.2, -0.15) is 0 Å². The zero-order chi connectivity index (χ0) is 40.8. The Hall–Kier alpha value is -5.17. The summed E-state index contributed by atoms with van der Waals surface area (Å²) in [5.41, 5.74) is 7.19. The highest BCUT2D eigenvalue weighted by molar-refractivity contribution is 7.22. The molecule has 58 heavy (non-hydrogen) atoms. The first kappa shape index (κ1) is 41.0. The Morgan fingerprint density at radius 3 is 2.40 bits per heavy atom. The minimum Gasteiger partial charge on any atom is -0.465 e. The SMILES string of the molecule is CCOC(=O)CN1CCN(CCCCc2cccc(-c3ccc(N4CCc5cccc(C(=O)Nc6nc7ccccc7s6)c5C4)nc3C(=O)OC(C)(C)C)c2C)CC1. The number of unbranched alkanes of at least 4 members (excludes halogenated alkanes) is 1. The summed E-state index contributed by atoms with van der Waals surface area (Å²) in [5.74, 6) is -0.154. The number of nitrogens with zero attached hydrogens (tertiary/aromatic N) is 5. The number of esters is 2. The fourth-order valence-electron chi connectivity index (χ4n) is 7.86. The number of pyridine rings is 1. The van der Waals surface area contributed by atoms with E-state index < -0.39 is 11.6 Å². The Bertz CT molecular complexity index is 2240. The first-order valence-electron chi connectivity index (χ1n) is 20.4. The number of aromatic nitrogens is 2. The van der Waals surface area contributed by atoms with Crippen molar-refractivity contribution in [1.82, 2.24) is 19.8 Å². The molecule has 0 radical (unpaired) electrons. The average molecular weight is 803 g/mol. The van der Waals surface area contributed by atoms with Gasteiger partial charge < -0.3 is 19.3 Å². The topological polar surface area (TPSA) is 117 Å². The van der Waals surface area contributed by atoms with Crippen molar-refractivity contribution < 1.29 is 23.9 Å². The van der Waals surface area contributed by atoms with Crippen LogP contribution in [0, 0.1) is 6.92 Å². The Kier molecular flexibility index (Phi) is 12.9. The number of rotatable bonds is 13. The molecule has 5 aromatic rings. The number of amides is 1. The van der Waals surface area contributed by atoms with Crippen LogP contribution in [0.5, 0.6) is 0 Å². The quantitative estimate of drug-likeness (QED) is 0.0929. The Balaban J connectivity index is 1.06. The van der Waals surface area contributed by atoms with Crippen LogP contribution in [0.1, 0.15) is 83.6 Å². The molecule has 0 aliphatic carbocycles. The molecule has 0 bridgehead atoms. The van der Waals surface area contributed by atoms with Gasteiger partial charge in [-0.3, -0.25) is 19.8 Å². The van der Waals surface area contributed by atoms with Crippen molar-refractivity contribution >= 4 is 50.3 Å². The number of hydrogen-bond acceptors (Lipinski definition) is 11. The van der Waals surface area contributed by atoms with E-state index in [4.69, 9.17) is 14.5 Å². The Morgan fingerprint density at radius 1 is 0.845 bits per heavy atom. The fourth-order valence-corrected chi connectivity index (χ4v) is 8.72. The zero-order valence-corrected chi connectivity index (χ0v) is 35.1. The number of nitrogens with one attached hydrogen (secondary N) is 1. The van der Waals surface area contributed by atoms with Gasteiger partial charge in [0.15, 0.2) is 10.8 Å². The number of ether oxygens (including phenoxy) is 2. The van der Waals surface area contributed by atoms with Gasteiger partial charge in [-0.1, -0.05) is 53.8 Å². The average Bonchev–Trinajstić information content (AvgIpc) is 3.62. The van der Waals surface area contributed by atoms with Crippen LogP contribution in [0.15, 0.2) is 72.8 Å². The van der Waals surface area contributed by atoms with E-state index in [-0.39, 0.29) is 17.6 Å². The van der Waals surface area contributed by atoms with Gasteiger partial charge in [-0.15, -0.1) is 0 Å². The minimum atomic E-state index is -0.702. The highest BCUT2D eigenvalue weighted by atomic mass is 32.1. The lowest BCUT2D eigenvalue weighted by molar-refractivity contribution is -0.144. The lowest BCUT2D eigenvalue weighted by atomic mass is 9.92. The molecule has 4 heterocycles. The second kappa shape index (κ2) is 18.2. The van der Waals surface area contributed by atoms with Crippen molar-refractivity contribution in [2.75, 3.05) is 62.6 Å². The molecule has 12 heteroatoms. The van der Waals surface area contributed by atoms with Crippen molar-refractivity contribution in [2.45, 2.75) is 72.4 Å². The first-order chi connectivity index (χ1) is 28.0. The number of para-hydroxylation sites is 1. The van der Waals surface area contributed by atoms with Gasteiger partial charge in [0.1, 0.15) is 11.4 Å². The van der Waals surface area contributed by atoms with Crippen molar-refractivity contribution in [3.63, 3.8) is 0 Å². The van der Waals surface area contributed by atoms with E-state index in [1.165, 1.54) is 16.9 Å². The van der Waals surface area contributed by atoms with Gasteiger partial charge in [0, 0.05) is 50.4 Å². The summed E-state index contributed by atoms with van der Waals surface area (Å²) in [4.78, 5) is 55.9. The molecule has 0 saturated carbocycles. The maximum Gasteiger partial charge on any atom is 0.358 e. The van der Waals surface area contributed by atoms with Crippen LogP contribution in [0.25, 0.3) is 21.3 Å². The molecule has 11 nitrogen and oxygen atoms in total. The van der Waals surface area contributed by atoms with E-state index in [9.17, 15) is 14.4 Å². The van der Waals surface area contributed by atoms with Crippen LogP contribution in [-0.4, -0.2) is 95.6 Å². The number of anilines is 2. The van der Waals surface area contributed by atoms with Crippen molar-refractivity contribution in [3.05, 3.63) is 106 Å². The maximum atomic E-state index is 13.9. The molecule has 2 aliphatic rings. The molecule has 1 amide bonds. The standard InChI is InChI=1S/C46H54N6O5S/c1-6-56-41(53)30-51-27-25-50(26-28-51)23-10-9-13-32-14-11-16-34(31(32)2)35-20-21-40(48-42(35)44(55)57-46(3,4)5)52-24-22-33-15-12-17-36(37(33)29-52)43(54)49-45-47-38-18-7-8-19-39(38)58-45/h7-8,11-12,14-21H,6,9-10,13,22-30H2,1-5H3,(H,47,49,54). The summed E-state index contributed by atoms with van der Waals surface area (Å²) in [6.45, 7) is 16.2. The lowest BCUT2D eigenvalue weighted by Crippen LogP contribution is -2.48. The number of carbonyl (C=O) groups excluding carboxylic acids is 3. The van der Waals surface area contributed by atoms with Crippen LogP contribution < -0.4 is 10.2 Å². The largest absolute Gasteiger partial charge is 0.465 e. The Labute approximate surface area is 345 Å². The van der Waals surface area contributed by atoms with Crippen LogP contribution in [0.3, 0.4) is 0 Å². The van der Waals surface area contributed by atoms with Crippen molar-refractivity contribution in [2.24, 2.45) is 0 Å². The number of benzene rings is 3. The second-order valence-corrected chi connectivity index (χ2v) is 17.1. The third-order valence-corrected chi connectivity index (χ3v) is 11.8. The summed E-state index contributed by atoms with van der Waals surface area (Å²) in [6, 6.07) is 24.0. The van der Waals surface area contributed by atoms with E-state index in [0.717, 1.165) is 96.4 Å². The van der Waals surface area contributed by atoms with Gasteiger partial charge in [-0.25, -0.2) is 14.8 Å². The van der Waals surface area contributed by atoms with Gasteiger partial charge in [-0.05, 0) is 125 Å². The summed E-state index contributed by atoms with van der Waals surface area (Å²) >= 11 is 1.46. The van der Waals surface area contributed by atoms with E-state index in [1.807, 2.05) is 76.2 Å². The molecule has 1 fully saturated rings. The van der Waals surface area contributed by atoms with Crippen LogP contribution in [0.4, 0.5) is 10.9 Å². The third-order valence-electron chi connectivity index (χ3n) is 10.9. The zero-order valence-electron chi connectivity index (χ0n) is 34.3. The number of piperazine rings is 1. The number of carbonyl (C=O) groups is 3. The molecule has 304 valence electrons. The predicted molar refractivity (Wildman–Crippen MR) is 231 cm³/mol. The van der Waals surface area contributed by atoms with E-state index in [1.54, 1.807) is 0 Å². The van der Waals surface area contributed by atoms with Crippen molar-refractivity contribution in [1.29, 1.82) is 0 Å². The van der Waals surface area contributed by atoms with Gasteiger partial charge in [0.25, 0.3) is 5.91 Å². The van der Waals surface area contributed by atoms with Gasteiger partial charge in [0.05, 0.1) is 23.4 Å². The fraction of sp³-hybridized carbons (Fsp3) is 0.413. The Morgan fingerprint density at radius 2 is 1.62 bits per heavy atom. The maximum absolute atomic E-state index is 13.9. The van der Waals surface area contributed by atoms with Gasteiger partial charge >= 0.3 is 11.9 Å². The first-order valence-corrected chi connectivity index (χ1v) is 21.2. The second-order valence-electron chi connectivity index (χ2n) is 16.1. The summed E-state index contributed by atoms with van der Waals surface area (Å²) in [6.07, 6.45) is 3.78. The number of hydrogen-bond donors (Lipinski definition) is 1. The predicted octanol–water partition coefficient (Wildman–Crippen LogP) is 7.94. The smallest absolute Gasteiger partial charge is 0.358 e.